The van der Waals surface area contributed by atoms with Crippen molar-refractivity contribution in [2.75, 3.05) is 6.61 Å². The second kappa shape index (κ2) is 6.99. The molecule has 0 amide bonds. The Hall–Kier alpha value is -0.160. The summed E-state index contributed by atoms with van der Waals surface area (Å²) in [7, 11) is 0. The molecule has 1 heterocycles. The van der Waals surface area contributed by atoms with Gasteiger partial charge in [-0.05, 0) is 115 Å². The summed E-state index contributed by atoms with van der Waals surface area (Å²) < 4.78 is 12.8. The lowest BCUT2D eigenvalue weighted by Gasteiger charge is -2.64. The van der Waals surface area contributed by atoms with Crippen LogP contribution >= 0.6 is 0 Å². The van der Waals surface area contributed by atoms with Crippen LogP contribution in [-0.4, -0.2) is 41.4 Å². The average Bonchev–Trinajstić information content (AvgIpc) is 3.36. The summed E-state index contributed by atoms with van der Waals surface area (Å²) in [6.07, 6.45) is 9.77. The molecule has 0 aromatic carbocycles. The lowest BCUT2D eigenvalue weighted by Crippen LogP contribution is -2.61. The lowest BCUT2D eigenvalue weighted by molar-refractivity contribution is -0.198. The third-order valence-corrected chi connectivity index (χ3v) is 13.2. The van der Waals surface area contributed by atoms with Crippen LogP contribution in [0.15, 0.2) is 0 Å². The molecule has 1 saturated heterocycles. The van der Waals surface area contributed by atoms with Crippen molar-refractivity contribution < 1.29 is 19.7 Å². The van der Waals surface area contributed by atoms with E-state index in [4.69, 9.17) is 9.47 Å². The number of rotatable bonds is 2. The molecule has 4 heteroatoms. The second-order valence-electron chi connectivity index (χ2n) is 14.4. The van der Waals surface area contributed by atoms with Gasteiger partial charge >= 0.3 is 0 Å². The van der Waals surface area contributed by atoms with Crippen LogP contribution in [0.2, 0.25) is 0 Å². The van der Waals surface area contributed by atoms with Crippen LogP contribution in [-0.2, 0) is 9.47 Å². The summed E-state index contributed by atoms with van der Waals surface area (Å²) in [6, 6.07) is 0. The Bertz CT molecular complexity index is 811. The van der Waals surface area contributed by atoms with E-state index in [1.54, 1.807) is 0 Å². The Morgan fingerprint density at radius 3 is 2.42 bits per heavy atom. The zero-order valence-corrected chi connectivity index (χ0v) is 21.9. The largest absolute Gasteiger partial charge is 0.393 e. The van der Waals surface area contributed by atoms with Gasteiger partial charge in [-0.15, -0.1) is 0 Å². The SMILES string of the molecule is CCO[C@@H]1CC[C@@H](C)[C@H]2[C@H](C[C@@]3(C)[C@@H]4C[C@H](O)[C@@H]5C(C)(C)[C@@H](O)CC[C@@]56C[C@@]46CC[C@]23C)O1. The molecular formula is C29H48O4. The normalized spacial score (nSPS) is 61.1. The summed E-state index contributed by atoms with van der Waals surface area (Å²) in [5.41, 5.74) is 0.868. The zero-order valence-electron chi connectivity index (χ0n) is 21.9. The highest BCUT2D eigenvalue weighted by Gasteiger charge is 2.84. The number of hydrogen-bond donors (Lipinski definition) is 2. The summed E-state index contributed by atoms with van der Waals surface area (Å²) in [4.78, 5) is 0. The maximum absolute atomic E-state index is 11.7. The van der Waals surface area contributed by atoms with Crippen LogP contribution < -0.4 is 0 Å². The number of aliphatic hydroxyl groups is 2. The van der Waals surface area contributed by atoms with E-state index in [0.29, 0.717) is 29.8 Å². The van der Waals surface area contributed by atoms with E-state index < -0.39 is 0 Å². The maximum Gasteiger partial charge on any atom is 0.157 e. The van der Waals surface area contributed by atoms with Crippen molar-refractivity contribution in [1.29, 1.82) is 0 Å². The number of hydrogen-bond acceptors (Lipinski definition) is 4. The quantitative estimate of drug-likeness (QED) is 0.568. The third-order valence-electron chi connectivity index (χ3n) is 13.2. The van der Waals surface area contributed by atoms with Crippen molar-refractivity contribution in [3.05, 3.63) is 0 Å². The topological polar surface area (TPSA) is 58.9 Å². The molecule has 0 aromatic heterocycles. The predicted molar refractivity (Wildman–Crippen MR) is 128 cm³/mol. The molecule has 188 valence electrons. The summed E-state index contributed by atoms with van der Waals surface area (Å²) >= 11 is 0. The number of fused-ring (bicyclic) bond motifs is 4. The Balaban J connectivity index is 1.38. The standard InChI is InChI=1S/C29H48O4/c1-7-32-22-9-8-17(2)23-19(33-22)15-27(6)20-14-18(30)24-25(3,4)21(31)10-11-29(24)16-28(20,29)13-12-26(23,27)5/h17-24,30-31H,7-16H2,1-6H3/t17-,18+,19+,20+,21+,22+,23+,24-,26-,27+,28+,29-/m1/s1. The highest BCUT2D eigenvalue weighted by Crippen LogP contribution is 2.89. The molecule has 1 aliphatic heterocycles. The molecule has 0 unspecified atom stereocenters. The third kappa shape index (κ3) is 2.63. The van der Waals surface area contributed by atoms with Crippen LogP contribution in [0.3, 0.4) is 0 Å². The van der Waals surface area contributed by atoms with E-state index in [1.165, 1.54) is 25.7 Å². The van der Waals surface area contributed by atoms with Crippen molar-refractivity contribution in [2.45, 2.75) is 124 Å². The Labute approximate surface area is 201 Å². The molecule has 5 aliphatic carbocycles. The fourth-order valence-electron chi connectivity index (χ4n) is 11.8. The van der Waals surface area contributed by atoms with Gasteiger partial charge in [0.05, 0.1) is 18.3 Å². The van der Waals surface area contributed by atoms with Gasteiger partial charge in [0.2, 0.25) is 0 Å². The minimum absolute atomic E-state index is 0.0528. The van der Waals surface area contributed by atoms with E-state index in [1.807, 2.05) is 0 Å². The molecule has 0 bridgehead atoms. The van der Waals surface area contributed by atoms with Crippen LogP contribution in [0, 0.1) is 50.7 Å². The van der Waals surface area contributed by atoms with E-state index in [-0.39, 0.29) is 52.2 Å². The van der Waals surface area contributed by atoms with Crippen LogP contribution in [0.1, 0.15) is 99.3 Å². The zero-order chi connectivity index (χ0) is 23.6. The first-order chi connectivity index (χ1) is 15.5. The van der Waals surface area contributed by atoms with Crippen molar-refractivity contribution >= 4 is 0 Å². The van der Waals surface area contributed by atoms with Gasteiger partial charge < -0.3 is 19.7 Å². The molecule has 4 nitrogen and oxygen atoms in total. The van der Waals surface area contributed by atoms with Gasteiger partial charge in [-0.3, -0.25) is 0 Å². The molecule has 6 aliphatic rings. The summed E-state index contributed by atoms with van der Waals surface area (Å²) in [5.74, 6) is 2.04. The van der Waals surface area contributed by atoms with E-state index in [9.17, 15) is 10.2 Å². The lowest BCUT2D eigenvalue weighted by atomic mass is 9.41. The van der Waals surface area contributed by atoms with E-state index in [0.717, 1.165) is 32.1 Å². The molecule has 0 aromatic rings. The average molecular weight is 461 g/mol. The first-order valence-electron chi connectivity index (χ1n) is 14.1. The van der Waals surface area contributed by atoms with Crippen LogP contribution in [0.5, 0.6) is 0 Å². The fraction of sp³-hybridized carbons (Fsp3) is 1.00. The number of aliphatic hydroxyl groups excluding tert-OH is 2. The highest BCUT2D eigenvalue weighted by molar-refractivity contribution is 5.32. The highest BCUT2D eigenvalue weighted by atomic mass is 16.7. The van der Waals surface area contributed by atoms with Gasteiger partial charge in [0.15, 0.2) is 6.29 Å². The Kier molecular flexibility index (Phi) is 4.92. The van der Waals surface area contributed by atoms with Crippen molar-refractivity contribution in [2.24, 2.45) is 50.7 Å². The molecular weight excluding hydrogens is 412 g/mol. The molecule has 0 radical (unpaired) electrons. The predicted octanol–water partition coefficient (Wildman–Crippen LogP) is 5.54. The van der Waals surface area contributed by atoms with Crippen molar-refractivity contribution in [3.63, 3.8) is 0 Å². The van der Waals surface area contributed by atoms with Gasteiger partial charge in [-0.2, -0.15) is 0 Å². The molecule has 12 atom stereocenters. The van der Waals surface area contributed by atoms with Gasteiger partial charge in [0.1, 0.15) is 0 Å². The van der Waals surface area contributed by atoms with E-state index >= 15 is 0 Å². The molecule has 6 rings (SSSR count). The molecule has 33 heavy (non-hydrogen) atoms. The van der Waals surface area contributed by atoms with Gasteiger partial charge in [0, 0.05) is 6.61 Å². The molecule has 2 N–H and O–H groups in total. The maximum atomic E-state index is 11.7. The van der Waals surface area contributed by atoms with Crippen molar-refractivity contribution in [3.8, 4) is 0 Å². The summed E-state index contributed by atoms with van der Waals surface area (Å²) in [5, 5.41) is 22.6. The first-order valence-corrected chi connectivity index (χ1v) is 14.1. The number of ether oxygens (including phenoxy) is 2. The minimum Gasteiger partial charge on any atom is -0.393 e. The minimum atomic E-state index is -0.297. The van der Waals surface area contributed by atoms with Gasteiger partial charge in [-0.1, -0.05) is 34.6 Å². The molecule has 2 spiro atoms. The fourth-order valence-corrected chi connectivity index (χ4v) is 11.8. The smallest absolute Gasteiger partial charge is 0.157 e. The first kappa shape index (κ1) is 23.3. The Morgan fingerprint density at radius 2 is 1.70 bits per heavy atom. The monoisotopic (exact) mass is 460 g/mol. The summed E-state index contributed by atoms with van der Waals surface area (Å²) in [6.45, 7) is 14.9. The Morgan fingerprint density at radius 1 is 0.939 bits per heavy atom. The second-order valence-corrected chi connectivity index (χ2v) is 14.4. The van der Waals surface area contributed by atoms with Crippen LogP contribution in [0.4, 0.5) is 0 Å². The van der Waals surface area contributed by atoms with E-state index in [2.05, 4.69) is 41.5 Å². The molecule has 5 saturated carbocycles. The van der Waals surface area contributed by atoms with Crippen LogP contribution in [0.25, 0.3) is 0 Å². The van der Waals surface area contributed by atoms with Crippen molar-refractivity contribution in [1.82, 2.24) is 0 Å². The van der Waals surface area contributed by atoms with Gasteiger partial charge in [-0.25, -0.2) is 0 Å². The van der Waals surface area contributed by atoms with Gasteiger partial charge in [0.25, 0.3) is 0 Å². The molecule has 6 fully saturated rings.